The lowest BCUT2D eigenvalue weighted by Gasteiger charge is -2.25. The molecule has 0 bridgehead atoms. The number of aromatic nitrogens is 2. The lowest BCUT2D eigenvalue weighted by atomic mass is 10.0. The van der Waals surface area contributed by atoms with Crippen molar-refractivity contribution in [1.29, 1.82) is 0 Å². The third-order valence-corrected chi connectivity index (χ3v) is 5.05. The van der Waals surface area contributed by atoms with E-state index in [1.165, 1.54) is 5.56 Å². The minimum Gasteiger partial charge on any atom is -0.335 e. The van der Waals surface area contributed by atoms with Crippen LogP contribution in [0.1, 0.15) is 34.3 Å². The fourth-order valence-corrected chi connectivity index (χ4v) is 3.76. The molecule has 0 saturated carbocycles. The summed E-state index contributed by atoms with van der Waals surface area (Å²) in [6.07, 6.45) is 8.60. The zero-order valence-electron chi connectivity index (χ0n) is 14.8. The van der Waals surface area contributed by atoms with Gasteiger partial charge in [-0.1, -0.05) is 42.5 Å². The molecule has 4 rings (SSSR count). The van der Waals surface area contributed by atoms with Crippen LogP contribution in [0.3, 0.4) is 0 Å². The molecule has 0 aliphatic carbocycles. The summed E-state index contributed by atoms with van der Waals surface area (Å²) in [5.41, 5.74) is 3.20. The van der Waals surface area contributed by atoms with Crippen LogP contribution in [0.25, 0.3) is 0 Å². The fourth-order valence-electron chi connectivity index (χ4n) is 3.76. The van der Waals surface area contributed by atoms with E-state index in [2.05, 4.69) is 40.2 Å². The van der Waals surface area contributed by atoms with Gasteiger partial charge in [0.15, 0.2) is 0 Å². The number of carbonyl (C=O) groups is 1. The Kier molecular flexibility index (Phi) is 4.82. The number of benzene rings is 2. The molecule has 1 fully saturated rings. The van der Waals surface area contributed by atoms with E-state index in [1.54, 1.807) is 12.5 Å². The van der Waals surface area contributed by atoms with E-state index in [0.29, 0.717) is 6.04 Å². The Balaban J connectivity index is 1.49. The number of carbonyl (C=O) groups excluding carboxylic acids is 1. The lowest BCUT2D eigenvalue weighted by Crippen LogP contribution is -2.36. The van der Waals surface area contributed by atoms with Crippen LogP contribution in [-0.4, -0.2) is 32.9 Å². The third-order valence-electron chi connectivity index (χ3n) is 5.05. The quantitative estimate of drug-likeness (QED) is 0.706. The number of rotatable bonds is 5. The van der Waals surface area contributed by atoms with Crippen LogP contribution >= 0.6 is 0 Å². The highest BCUT2D eigenvalue weighted by Crippen LogP contribution is 2.24. The van der Waals surface area contributed by atoms with Crippen molar-refractivity contribution < 1.29 is 4.79 Å². The van der Waals surface area contributed by atoms with Crippen molar-refractivity contribution in [2.75, 3.05) is 6.54 Å². The van der Waals surface area contributed by atoms with E-state index < -0.39 is 0 Å². The monoisotopic (exact) mass is 345 g/mol. The van der Waals surface area contributed by atoms with E-state index in [1.807, 2.05) is 35.0 Å². The summed E-state index contributed by atoms with van der Waals surface area (Å²) in [7, 11) is 0. The summed E-state index contributed by atoms with van der Waals surface area (Å²) in [6, 6.07) is 18.7. The van der Waals surface area contributed by atoms with Gasteiger partial charge in [-0.05, 0) is 42.5 Å². The summed E-state index contributed by atoms with van der Waals surface area (Å²) >= 11 is 0. The maximum atomic E-state index is 13.1. The molecule has 1 saturated heterocycles. The first-order chi connectivity index (χ1) is 12.8. The molecule has 3 aromatic rings. The molecule has 0 spiro atoms. The first-order valence-corrected chi connectivity index (χ1v) is 9.19. The molecular weight excluding hydrogens is 322 g/mol. The number of hydrogen-bond acceptors (Lipinski definition) is 2. The molecule has 132 valence electrons. The van der Waals surface area contributed by atoms with Crippen LogP contribution in [0.2, 0.25) is 0 Å². The van der Waals surface area contributed by atoms with Gasteiger partial charge in [0.2, 0.25) is 0 Å². The van der Waals surface area contributed by atoms with Gasteiger partial charge in [-0.3, -0.25) is 4.79 Å². The Labute approximate surface area is 154 Å². The molecule has 4 nitrogen and oxygen atoms in total. The molecular formula is C22H23N3O. The topological polar surface area (TPSA) is 38.1 Å². The Morgan fingerprint density at radius 1 is 1.08 bits per heavy atom. The average Bonchev–Trinajstić information content (AvgIpc) is 3.34. The van der Waals surface area contributed by atoms with Crippen molar-refractivity contribution in [1.82, 2.24) is 14.5 Å². The van der Waals surface area contributed by atoms with Crippen molar-refractivity contribution in [3.8, 4) is 0 Å². The predicted molar refractivity (Wildman–Crippen MR) is 102 cm³/mol. The molecule has 0 radical (unpaired) electrons. The van der Waals surface area contributed by atoms with Gasteiger partial charge in [0.25, 0.3) is 5.91 Å². The molecule has 1 aromatic heterocycles. The molecule has 0 N–H and O–H groups in total. The van der Waals surface area contributed by atoms with Crippen molar-refractivity contribution >= 4 is 5.91 Å². The van der Waals surface area contributed by atoms with Gasteiger partial charge in [0.05, 0.1) is 6.33 Å². The molecule has 2 aromatic carbocycles. The van der Waals surface area contributed by atoms with Gasteiger partial charge in [-0.2, -0.15) is 0 Å². The first-order valence-electron chi connectivity index (χ1n) is 9.19. The molecule has 2 heterocycles. The second-order valence-corrected chi connectivity index (χ2v) is 6.92. The maximum Gasteiger partial charge on any atom is 0.254 e. The van der Waals surface area contributed by atoms with Crippen molar-refractivity contribution in [2.24, 2.45) is 0 Å². The zero-order valence-corrected chi connectivity index (χ0v) is 14.8. The van der Waals surface area contributed by atoms with E-state index >= 15 is 0 Å². The van der Waals surface area contributed by atoms with Crippen LogP contribution in [0.4, 0.5) is 0 Å². The summed E-state index contributed by atoms with van der Waals surface area (Å²) in [5, 5.41) is 0. The highest BCUT2D eigenvalue weighted by atomic mass is 16.2. The van der Waals surface area contributed by atoms with E-state index in [4.69, 9.17) is 0 Å². The van der Waals surface area contributed by atoms with Crippen LogP contribution in [0.15, 0.2) is 73.3 Å². The molecule has 4 heteroatoms. The van der Waals surface area contributed by atoms with Crippen molar-refractivity contribution in [2.45, 2.75) is 31.8 Å². The molecule has 1 aliphatic rings. The largest absolute Gasteiger partial charge is 0.335 e. The van der Waals surface area contributed by atoms with Gasteiger partial charge >= 0.3 is 0 Å². The van der Waals surface area contributed by atoms with Crippen LogP contribution in [-0.2, 0) is 13.0 Å². The summed E-state index contributed by atoms with van der Waals surface area (Å²) in [5.74, 6) is 0.149. The minimum atomic E-state index is 0.149. The van der Waals surface area contributed by atoms with E-state index in [9.17, 15) is 4.79 Å². The van der Waals surface area contributed by atoms with Gasteiger partial charge < -0.3 is 9.47 Å². The second kappa shape index (κ2) is 7.56. The minimum absolute atomic E-state index is 0.149. The van der Waals surface area contributed by atoms with E-state index in [-0.39, 0.29) is 5.91 Å². The van der Waals surface area contributed by atoms with Crippen LogP contribution in [0, 0.1) is 0 Å². The summed E-state index contributed by atoms with van der Waals surface area (Å²) in [6.45, 7) is 1.58. The Hall–Kier alpha value is -2.88. The number of amides is 1. The Morgan fingerprint density at radius 3 is 2.73 bits per heavy atom. The molecule has 1 aliphatic heterocycles. The number of hydrogen-bond donors (Lipinski definition) is 0. The lowest BCUT2D eigenvalue weighted by molar-refractivity contribution is 0.0736. The second-order valence-electron chi connectivity index (χ2n) is 6.92. The van der Waals surface area contributed by atoms with Gasteiger partial charge in [-0.15, -0.1) is 0 Å². The maximum absolute atomic E-state index is 13.1. The number of imidazole rings is 1. The third kappa shape index (κ3) is 3.69. The summed E-state index contributed by atoms with van der Waals surface area (Å²) < 4.78 is 2.01. The molecule has 1 unspecified atom stereocenters. The normalized spacial score (nSPS) is 16.8. The van der Waals surface area contributed by atoms with Gasteiger partial charge in [-0.25, -0.2) is 4.98 Å². The number of nitrogens with zero attached hydrogens (tertiary/aromatic N) is 3. The Morgan fingerprint density at radius 2 is 1.92 bits per heavy atom. The predicted octanol–water partition coefficient (Wildman–Crippen LogP) is 3.78. The smallest absolute Gasteiger partial charge is 0.254 e. The van der Waals surface area contributed by atoms with Crippen LogP contribution in [0.5, 0.6) is 0 Å². The zero-order chi connectivity index (χ0) is 17.8. The molecule has 1 amide bonds. The van der Waals surface area contributed by atoms with Crippen molar-refractivity contribution in [3.05, 3.63) is 90.0 Å². The molecule has 26 heavy (non-hydrogen) atoms. The SMILES string of the molecule is O=C(c1cccc(Cn2ccnc2)c1)N1CCCC1Cc1ccccc1. The average molecular weight is 345 g/mol. The first kappa shape index (κ1) is 16.6. The highest BCUT2D eigenvalue weighted by molar-refractivity contribution is 5.94. The van der Waals surface area contributed by atoms with Gasteiger partial charge in [0, 0.05) is 37.1 Å². The van der Waals surface area contributed by atoms with Crippen molar-refractivity contribution in [3.63, 3.8) is 0 Å². The molecule has 1 atom stereocenters. The summed E-state index contributed by atoms with van der Waals surface area (Å²) in [4.78, 5) is 19.2. The number of likely N-dealkylation sites (tertiary alicyclic amines) is 1. The van der Waals surface area contributed by atoms with E-state index in [0.717, 1.165) is 43.5 Å². The standard InChI is InChI=1S/C22H23N3O/c26-22(20-9-4-8-19(14-20)16-24-13-11-23-17-24)25-12-5-10-21(25)15-18-6-2-1-3-7-18/h1-4,6-9,11,13-14,17,21H,5,10,12,15-16H2. The van der Waals surface area contributed by atoms with Gasteiger partial charge in [0.1, 0.15) is 0 Å². The highest BCUT2D eigenvalue weighted by Gasteiger charge is 2.29. The Bertz CT molecular complexity index is 858. The van der Waals surface area contributed by atoms with Crippen LogP contribution < -0.4 is 0 Å². The fraction of sp³-hybridized carbons (Fsp3) is 0.273.